The Morgan fingerprint density at radius 1 is 1.47 bits per heavy atom. The molecule has 1 atom stereocenters. The third kappa shape index (κ3) is 1.63. The fraction of sp³-hybridized carbons (Fsp3) is 0.364. The van der Waals surface area contributed by atoms with E-state index in [-0.39, 0.29) is 6.04 Å². The lowest BCUT2D eigenvalue weighted by Crippen LogP contribution is -2.32. The molecule has 1 aromatic carbocycles. The van der Waals surface area contributed by atoms with Gasteiger partial charge in [0.2, 0.25) is 0 Å². The fourth-order valence-electron chi connectivity index (χ4n) is 1.82. The van der Waals surface area contributed by atoms with Gasteiger partial charge in [0.25, 0.3) is 0 Å². The van der Waals surface area contributed by atoms with Crippen molar-refractivity contribution in [2.75, 3.05) is 20.7 Å². The maximum Gasteiger partial charge on any atom is 0.191 e. The summed E-state index contributed by atoms with van der Waals surface area (Å²) in [6.07, 6.45) is 0. The number of methoxy groups -OCH3 is 1. The molecule has 0 saturated heterocycles. The van der Waals surface area contributed by atoms with Gasteiger partial charge in [-0.25, -0.2) is 0 Å². The van der Waals surface area contributed by atoms with Crippen molar-refractivity contribution in [2.24, 2.45) is 10.7 Å². The molecule has 0 amide bonds. The van der Waals surface area contributed by atoms with Crippen molar-refractivity contribution >= 4 is 5.96 Å². The predicted octanol–water partition coefficient (Wildman–Crippen LogP) is 0.996. The van der Waals surface area contributed by atoms with E-state index in [0.717, 1.165) is 11.3 Å². The first-order chi connectivity index (χ1) is 7.24. The topological polar surface area (TPSA) is 50.9 Å². The zero-order valence-corrected chi connectivity index (χ0v) is 8.97. The van der Waals surface area contributed by atoms with E-state index in [0.29, 0.717) is 12.5 Å². The van der Waals surface area contributed by atoms with Crippen molar-refractivity contribution in [2.45, 2.75) is 6.04 Å². The number of hydrogen-bond donors (Lipinski definition) is 1. The van der Waals surface area contributed by atoms with E-state index in [1.54, 1.807) is 7.11 Å². The minimum absolute atomic E-state index is 0.196. The summed E-state index contributed by atoms with van der Waals surface area (Å²) in [7, 11) is 3.63. The van der Waals surface area contributed by atoms with Crippen LogP contribution in [-0.2, 0) is 0 Å². The van der Waals surface area contributed by atoms with E-state index in [4.69, 9.17) is 10.5 Å². The van der Waals surface area contributed by atoms with Gasteiger partial charge in [-0.2, -0.15) is 0 Å². The van der Waals surface area contributed by atoms with Gasteiger partial charge in [-0.15, -0.1) is 0 Å². The van der Waals surface area contributed by atoms with Crippen LogP contribution in [0.5, 0.6) is 5.75 Å². The molecule has 0 spiro atoms. The van der Waals surface area contributed by atoms with Crippen molar-refractivity contribution in [3.05, 3.63) is 29.8 Å². The van der Waals surface area contributed by atoms with Crippen LogP contribution >= 0.6 is 0 Å². The Morgan fingerprint density at radius 2 is 2.20 bits per heavy atom. The minimum Gasteiger partial charge on any atom is -0.496 e. The maximum atomic E-state index is 5.73. The highest BCUT2D eigenvalue weighted by atomic mass is 16.5. The normalized spacial score (nSPS) is 20.3. The number of benzene rings is 1. The van der Waals surface area contributed by atoms with E-state index in [1.807, 2.05) is 36.2 Å². The summed E-state index contributed by atoms with van der Waals surface area (Å²) >= 11 is 0. The molecular weight excluding hydrogens is 190 g/mol. The van der Waals surface area contributed by atoms with Crippen LogP contribution in [0.15, 0.2) is 29.3 Å². The molecule has 4 nitrogen and oxygen atoms in total. The number of nitrogens with zero attached hydrogens (tertiary/aromatic N) is 2. The molecule has 80 valence electrons. The number of ether oxygens (including phenoxy) is 1. The first kappa shape index (κ1) is 9.83. The maximum absolute atomic E-state index is 5.73. The number of hydrogen-bond acceptors (Lipinski definition) is 4. The Morgan fingerprint density at radius 3 is 2.80 bits per heavy atom. The summed E-state index contributed by atoms with van der Waals surface area (Å²) in [4.78, 5) is 6.19. The SMILES string of the molecule is COc1ccccc1C1CN=C(N)N1C. The Labute approximate surface area is 89.4 Å². The summed E-state index contributed by atoms with van der Waals surface area (Å²) in [5, 5.41) is 0. The highest BCUT2D eigenvalue weighted by Gasteiger charge is 2.26. The summed E-state index contributed by atoms with van der Waals surface area (Å²) in [6, 6.07) is 8.16. The Bertz CT molecular complexity index is 389. The molecule has 0 saturated carbocycles. The molecule has 4 heteroatoms. The van der Waals surface area contributed by atoms with E-state index >= 15 is 0 Å². The van der Waals surface area contributed by atoms with Crippen LogP contribution in [0.25, 0.3) is 0 Å². The van der Waals surface area contributed by atoms with Crippen molar-refractivity contribution in [3.63, 3.8) is 0 Å². The van der Waals surface area contributed by atoms with Gasteiger partial charge >= 0.3 is 0 Å². The Kier molecular flexibility index (Phi) is 2.49. The molecule has 0 aromatic heterocycles. The van der Waals surface area contributed by atoms with Crippen molar-refractivity contribution < 1.29 is 4.74 Å². The average molecular weight is 205 g/mol. The molecule has 2 N–H and O–H groups in total. The lowest BCUT2D eigenvalue weighted by Gasteiger charge is -2.23. The second-order valence-corrected chi connectivity index (χ2v) is 3.57. The second kappa shape index (κ2) is 3.81. The largest absolute Gasteiger partial charge is 0.496 e. The zero-order valence-electron chi connectivity index (χ0n) is 8.97. The average Bonchev–Trinajstić information content (AvgIpc) is 2.60. The third-order valence-electron chi connectivity index (χ3n) is 2.75. The van der Waals surface area contributed by atoms with Gasteiger partial charge in [0.1, 0.15) is 5.75 Å². The van der Waals surface area contributed by atoms with Crippen molar-refractivity contribution in [3.8, 4) is 5.75 Å². The fourth-order valence-corrected chi connectivity index (χ4v) is 1.82. The monoisotopic (exact) mass is 205 g/mol. The highest BCUT2D eigenvalue weighted by molar-refractivity contribution is 5.80. The molecule has 15 heavy (non-hydrogen) atoms. The summed E-state index contributed by atoms with van der Waals surface area (Å²) in [6.45, 7) is 0.697. The van der Waals surface area contributed by atoms with Gasteiger partial charge in [0.05, 0.1) is 19.7 Å². The smallest absolute Gasteiger partial charge is 0.191 e. The van der Waals surface area contributed by atoms with E-state index in [1.165, 1.54) is 0 Å². The van der Waals surface area contributed by atoms with Gasteiger partial charge in [0.15, 0.2) is 5.96 Å². The molecule has 1 aromatic rings. The zero-order chi connectivity index (χ0) is 10.8. The van der Waals surface area contributed by atoms with Crippen LogP contribution in [0.1, 0.15) is 11.6 Å². The van der Waals surface area contributed by atoms with Crippen LogP contribution in [0, 0.1) is 0 Å². The third-order valence-corrected chi connectivity index (χ3v) is 2.75. The molecule has 2 rings (SSSR count). The second-order valence-electron chi connectivity index (χ2n) is 3.57. The number of nitrogens with two attached hydrogens (primary N) is 1. The molecule has 1 heterocycles. The number of likely N-dealkylation sites (N-methyl/N-ethyl adjacent to an activating group) is 1. The number of guanidine groups is 1. The van der Waals surface area contributed by atoms with Crippen molar-refractivity contribution in [1.82, 2.24) is 4.90 Å². The quantitative estimate of drug-likeness (QED) is 0.783. The number of aliphatic imine (C=N–C) groups is 1. The molecule has 0 aliphatic carbocycles. The van der Waals surface area contributed by atoms with E-state index in [9.17, 15) is 0 Å². The van der Waals surface area contributed by atoms with Crippen LogP contribution in [0.2, 0.25) is 0 Å². The molecule has 0 fully saturated rings. The van der Waals surface area contributed by atoms with Gasteiger partial charge in [0, 0.05) is 12.6 Å². The van der Waals surface area contributed by atoms with Crippen molar-refractivity contribution in [1.29, 1.82) is 0 Å². The minimum atomic E-state index is 0.196. The van der Waals surface area contributed by atoms with Crippen LogP contribution < -0.4 is 10.5 Å². The molecule has 1 aliphatic rings. The highest BCUT2D eigenvalue weighted by Crippen LogP contribution is 2.30. The predicted molar refractivity (Wildman–Crippen MR) is 60.0 cm³/mol. The van der Waals surface area contributed by atoms with Crippen LogP contribution in [0.4, 0.5) is 0 Å². The van der Waals surface area contributed by atoms with E-state index < -0.39 is 0 Å². The Balaban J connectivity index is 2.31. The van der Waals surface area contributed by atoms with E-state index in [2.05, 4.69) is 4.99 Å². The summed E-state index contributed by atoms with van der Waals surface area (Å²) < 4.78 is 5.32. The first-order valence-electron chi connectivity index (χ1n) is 4.89. The lowest BCUT2D eigenvalue weighted by molar-refractivity contribution is 0.371. The first-order valence-corrected chi connectivity index (χ1v) is 4.89. The molecule has 1 unspecified atom stereocenters. The summed E-state index contributed by atoms with van der Waals surface area (Å²) in [5.74, 6) is 1.48. The van der Waals surface area contributed by atoms with Gasteiger partial charge < -0.3 is 15.4 Å². The lowest BCUT2D eigenvalue weighted by atomic mass is 10.1. The van der Waals surface area contributed by atoms with Crippen LogP contribution in [-0.4, -0.2) is 31.6 Å². The summed E-state index contributed by atoms with van der Waals surface area (Å²) in [5.41, 5.74) is 6.86. The number of para-hydroxylation sites is 1. The molecular formula is C11H15N3O. The van der Waals surface area contributed by atoms with Gasteiger partial charge in [-0.05, 0) is 6.07 Å². The molecule has 0 radical (unpaired) electrons. The molecule has 1 aliphatic heterocycles. The Hall–Kier alpha value is -1.71. The van der Waals surface area contributed by atoms with Gasteiger partial charge in [-0.3, -0.25) is 4.99 Å². The van der Waals surface area contributed by atoms with Crippen LogP contribution in [0.3, 0.4) is 0 Å². The molecule has 0 bridgehead atoms. The standard InChI is InChI=1S/C11H15N3O/c1-14-9(7-13-11(14)12)8-5-3-4-6-10(8)15-2/h3-6,9H,7H2,1-2H3,(H2,12,13). The number of rotatable bonds is 2. The van der Waals surface area contributed by atoms with Gasteiger partial charge in [-0.1, -0.05) is 18.2 Å².